The van der Waals surface area contributed by atoms with Crippen LogP contribution in [0.25, 0.3) is 11.1 Å². The van der Waals surface area contributed by atoms with Gasteiger partial charge in [-0.2, -0.15) is 0 Å². The van der Waals surface area contributed by atoms with E-state index >= 15 is 0 Å². The molecular weight excluding hydrogens is 410 g/mol. The molecule has 0 radical (unpaired) electrons. The number of ether oxygens (including phenoxy) is 2. The lowest BCUT2D eigenvalue weighted by Gasteiger charge is -2.24. The number of aliphatic carboxylic acids is 1. The van der Waals surface area contributed by atoms with Gasteiger partial charge in [0.05, 0.1) is 0 Å². The quantitative estimate of drug-likeness (QED) is 0.598. The molecular formula is C25H29NO6. The highest BCUT2D eigenvalue weighted by molar-refractivity contribution is 5.84. The summed E-state index contributed by atoms with van der Waals surface area (Å²) in [6, 6.07) is 15.0. The van der Waals surface area contributed by atoms with E-state index in [9.17, 15) is 19.5 Å². The van der Waals surface area contributed by atoms with Crippen LogP contribution in [0.3, 0.4) is 0 Å². The third-order valence-electron chi connectivity index (χ3n) is 5.63. The normalized spacial score (nSPS) is 14.4. The Bertz CT molecular complexity index is 954. The zero-order valence-corrected chi connectivity index (χ0v) is 18.7. The molecule has 0 saturated heterocycles. The van der Waals surface area contributed by atoms with Gasteiger partial charge in [-0.1, -0.05) is 76.2 Å². The van der Waals surface area contributed by atoms with E-state index in [1.54, 1.807) is 27.7 Å². The van der Waals surface area contributed by atoms with Crippen molar-refractivity contribution in [3.8, 4) is 11.1 Å². The summed E-state index contributed by atoms with van der Waals surface area (Å²) in [5, 5.41) is 11.8. The average Bonchev–Trinajstić information content (AvgIpc) is 3.07. The lowest BCUT2D eigenvalue weighted by Crippen LogP contribution is -2.48. The number of esters is 1. The predicted octanol–water partition coefficient (Wildman–Crippen LogP) is 4.20. The minimum absolute atomic E-state index is 0.102. The monoisotopic (exact) mass is 439 g/mol. The van der Waals surface area contributed by atoms with E-state index in [4.69, 9.17) is 9.47 Å². The summed E-state index contributed by atoms with van der Waals surface area (Å²) in [6.07, 6.45) is -2.04. The summed E-state index contributed by atoms with van der Waals surface area (Å²) in [4.78, 5) is 36.5. The SMILES string of the molecule is CC(C)[C@H](NC(=O)OCC1c2ccccc2-c2ccccc21)C(=O)O[C@@H](C(=O)O)C(C)C. The summed E-state index contributed by atoms with van der Waals surface area (Å²) >= 11 is 0. The van der Waals surface area contributed by atoms with Crippen LogP contribution in [0, 0.1) is 11.8 Å². The largest absolute Gasteiger partial charge is 0.478 e. The molecule has 170 valence electrons. The van der Waals surface area contributed by atoms with Gasteiger partial charge in [0, 0.05) is 11.8 Å². The number of carbonyl (C=O) groups is 3. The number of hydrogen-bond acceptors (Lipinski definition) is 5. The van der Waals surface area contributed by atoms with Gasteiger partial charge in [-0.05, 0) is 28.2 Å². The number of hydrogen-bond donors (Lipinski definition) is 2. The molecule has 7 heteroatoms. The maximum absolute atomic E-state index is 12.6. The molecule has 2 atom stereocenters. The highest BCUT2D eigenvalue weighted by Gasteiger charge is 2.33. The lowest BCUT2D eigenvalue weighted by atomic mass is 9.98. The molecule has 2 aromatic carbocycles. The molecule has 1 aliphatic carbocycles. The van der Waals surface area contributed by atoms with Crippen molar-refractivity contribution in [1.29, 1.82) is 0 Å². The van der Waals surface area contributed by atoms with Gasteiger partial charge in [0.2, 0.25) is 6.10 Å². The zero-order chi connectivity index (χ0) is 23.4. The molecule has 0 aromatic heterocycles. The first kappa shape index (κ1) is 23.3. The van der Waals surface area contributed by atoms with Crippen LogP contribution in [0.4, 0.5) is 4.79 Å². The summed E-state index contributed by atoms with van der Waals surface area (Å²) in [6.45, 7) is 6.88. The average molecular weight is 440 g/mol. The summed E-state index contributed by atoms with van der Waals surface area (Å²) < 4.78 is 10.7. The first-order valence-electron chi connectivity index (χ1n) is 10.8. The Labute approximate surface area is 187 Å². The number of carbonyl (C=O) groups excluding carboxylic acids is 2. The smallest absolute Gasteiger partial charge is 0.407 e. The van der Waals surface area contributed by atoms with Crippen molar-refractivity contribution in [1.82, 2.24) is 5.32 Å². The van der Waals surface area contributed by atoms with Crippen LogP contribution in [0.15, 0.2) is 48.5 Å². The van der Waals surface area contributed by atoms with Crippen LogP contribution in [0.2, 0.25) is 0 Å². The van der Waals surface area contributed by atoms with Gasteiger partial charge in [0.25, 0.3) is 0 Å². The molecule has 2 N–H and O–H groups in total. The Morgan fingerprint density at radius 2 is 1.44 bits per heavy atom. The van der Waals surface area contributed by atoms with E-state index in [2.05, 4.69) is 5.32 Å². The van der Waals surface area contributed by atoms with E-state index < -0.39 is 36.1 Å². The molecule has 0 unspecified atom stereocenters. The standard InChI is InChI=1S/C25H29NO6/c1-14(2)21(24(29)32-22(15(3)4)23(27)28)26-25(30)31-13-20-18-11-7-5-9-16(18)17-10-6-8-12-19(17)20/h5-12,14-15,20-22H,13H2,1-4H3,(H,26,30)(H,27,28)/t21-,22+/m0/s1. The topological polar surface area (TPSA) is 102 Å². The van der Waals surface area contributed by atoms with Gasteiger partial charge in [-0.3, -0.25) is 0 Å². The Morgan fingerprint density at radius 3 is 1.91 bits per heavy atom. The minimum Gasteiger partial charge on any atom is -0.478 e. The Hall–Kier alpha value is -3.35. The molecule has 7 nitrogen and oxygen atoms in total. The number of nitrogens with one attached hydrogen (secondary N) is 1. The molecule has 0 fully saturated rings. The van der Waals surface area contributed by atoms with Crippen LogP contribution in [0.1, 0.15) is 44.7 Å². The van der Waals surface area contributed by atoms with Crippen LogP contribution >= 0.6 is 0 Å². The summed E-state index contributed by atoms with van der Waals surface area (Å²) in [7, 11) is 0. The van der Waals surface area contributed by atoms with Crippen molar-refractivity contribution in [2.75, 3.05) is 6.61 Å². The number of benzene rings is 2. The van der Waals surface area contributed by atoms with Crippen molar-refractivity contribution in [3.63, 3.8) is 0 Å². The molecule has 0 heterocycles. The number of amides is 1. The number of rotatable bonds is 8. The summed E-state index contributed by atoms with van der Waals surface area (Å²) in [5.74, 6) is -2.84. The van der Waals surface area contributed by atoms with Gasteiger partial charge in [0.1, 0.15) is 12.6 Å². The lowest BCUT2D eigenvalue weighted by molar-refractivity contribution is -0.169. The Kier molecular flexibility index (Phi) is 7.18. The number of fused-ring (bicyclic) bond motifs is 3. The molecule has 0 saturated carbocycles. The fourth-order valence-corrected chi connectivity index (χ4v) is 3.93. The summed E-state index contributed by atoms with van der Waals surface area (Å²) in [5.41, 5.74) is 4.41. The van der Waals surface area contributed by atoms with Crippen molar-refractivity contribution in [3.05, 3.63) is 59.7 Å². The van der Waals surface area contributed by atoms with E-state index in [-0.39, 0.29) is 18.4 Å². The molecule has 0 spiro atoms. The fraction of sp³-hybridized carbons (Fsp3) is 0.400. The van der Waals surface area contributed by atoms with E-state index in [0.717, 1.165) is 22.3 Å². The van der Waals surface area contributed by atoms with Gasteiger partial charge in [0.15, 0.2) is 0 Å². The van der Waals surface area contributed by atoms with Gasteiger partial charge < -0.3 is 19.9 Å². The van der Waals surface area contributed by atoms with E-state index in [1.165, 1.54) is 0 Å². The van der Waals surface area contributed by atoms with Crippen LogP contribution in [0.5, 0.6) is 0 Å². The Balaban J connectivity index is 1.67. The first-order valence-corrected chi connectivity index (χ1v) is 10.8. The molecule has 2 aromatic rings. The van der Waals surface area contributed by atoms with E-state index in [1.807, 2.05) is 48.5 Å². The molecule has 32 heavy (non-hydrogen) atoms. The van der Waals surface area contributed by atoms with Crippen LogP contribution in [-0.4, -0.2) is 41.9 Å². The van der Waals surface area contributed by atoms with Gasteiger partial charge >= 0.3 is 18.0 Å². The van der Waals surface area contributed by atoms with Gasteiger partial charge in [-0.15, -0.1) is 0 Å². The van der Waals surface area contributed by atoms with Crippen molar-refractivity contribution in [2.24, 2.45) is 11.8 Å². The highest BCUT2D eigenvalue weighted by Crippen LogP contribution is 2.44. The van der Waals surface area contributed by atoms with Gasteiger partial charge in [-0.25, -0.2) is 14.4 Å². The highest BCUT2D eigenvalue weighted by atomic mass is 16.6. The molecule has 0 bridgehead atoms. The number of carboxylic acid groups (broad SMARTS) is 1. The second-order valence-electron chi connectivity index (χ2n) is 8.63. The third-order valence-corrected chi connectivity index (χ3v) is 5.63. The third kappa shape index (κ3) is 4.93. The molecule has 0 aliphatic heterocycles. The van der Waals surface area contributed by atoms with E-state index in [0.29, 0.717) is 0 Å². The molecule has 3 rings (SSSR count). The van der Waals surface area contributed by atoms with Crippen molar-refractivity contribution < 1.29 is 29.0 Å². The number of carboxylic acids is 1. The van der Waals surface area contributed by atoms with Crippen molar-refractivity contribution in [2.45, 2.75) is 45.8 Å². The maximum atomic E-state index is 12.6. The number of alkyl carbamates (subject to hydrolysis) is 1. The van der Waals surface area contributed by atoms with Crippen LogP contribution < -0.4 is 5.32 Å². The predicted molar refractivity (Wildman–Crippen MR) is 119 cm³/mol. The second-order valence-corrected chi connectivity index (χ2v) is 8.63. The minimum atomic E-state index is -1.28. The van der Waals surface area contributed by atoms with Crippen molar-refractivity contribution >= 4 is 18.0 Å². The maximum Gasteiger partial charge on any atom is 0.407 e. The second kappa shape index (κ2) is 9.85. The molecule has 1 aliphatic rings. The molecule has 1 amide bonds. The first-order chi connectivity index (χ1) is 15.2. The zero-order valence-electron chi connectivity index (χ0n) is 18.7. The van der Waals surface area contributed by atoms with Crippen LogP contribution in [-0.2, 0) is 19.1 Å². The Morgan fingerprint density at radius 1 is 0.906 bits per heavy atom. The fourth-order valence-electron chi connectivity index (χ4n) is 3.93.